The summed E-state index contributed by atoms with van der Waals surface area (Å²) in [6.07, 6.45) is 12.8. The van der Waals surface area contributed by atoms with Crippen LogP contribution in [0.4, 0.5) is 0 Å². The molecule has 2 aliphatic rings. The van der Waals surface area contributed by atoms with Crippen LogP contribution in [-0.2, 0) is 19.2 Å². The van der Waals surface area contributed by atoms with Gasteiger partial charge in [0.25, 0.3) is 0 Å². The lowest BCUT2D eigenvalue weighted by Crippen LogP contribution is -2.31. The van der Waals surface area contributed by atoms with Crippen molar-refractivity contribution in [2.24, 2.45) is 0 Å². The minimum atomic E-state index is -0.696. The van der Waals surface area contributed by atoms with E-state index in [1.54, 1.807) is 0 Å². The molecule has 0 aliphatic heterocycles. The zero-order chi connectivity index (χ0) is 29.7. The summed E-state index contributed by atoms with van der Waals surface area (Å²) in [5.74, 6) is -3.35. The summed E-state index contributed by atoms with van der Waals surface area (Å²) < 4.78 is 0. The first-order chi connectivity index (χ1) is 19.3. The maximum absolute atomic E-state index is 13.5. The number of hydrogen-bond acceptors (Lipinski definition) is 6. The van der Waals surface area contributed by atoms with Gasteiger partial charge in [0.1, 0.15) is 11.5 Å². The zero-order valence-electron chi connectivity index (χ0n) is 25.3. The summed E-state index contributed by atoms with van der Waals surface area (Å²) in [6.45, 7) is 8.23. The van der Waals surface area contributed by atoms with Gasteiger partial charge in [-0.2, -0.15) is 0 Å². The number of hydrogen-bond donors (Lipinski definition) is 2. The first-order valence-electron chi connectivity index (χ1n) is 15.8. The maximum Gasteiger partial charge on any atom is 0.232 e. The first-order valence-corrected chi connectivity index (χ1v) is 15.8. The van der Waals surface area contributed by atoms with Crippen molar-refractivity contribution in [2.45, 2.75) is 143 Å². The van der Waals surface area contributed by atoms with E-state index in [0.29, 0.717) is 25.7 Å². The second-order valence-electron chi connectivity index (χ2n) is 11.2. The number of carbonyl (C=O) groups excluding carboxylic acids is 4. The van der Waals surface area contributed by atoms with Gasteiger partial charge in [0.15, 0.2) is 0 Å². The Morgan fingerprint density at radius 2 is 0.625 bits per heavy atom. The molecule has 0 saturated heterocycles. The van der Waals surface area contributed by atoms with Crippen molar-refractivity contribution in [1.29, 1.82) is 0 Å². The predicted octanol–water partition coefficient (Wildman–Crippen LogP) is 8.61. The van der Waals surface area contributed by atoms with Crippen LogP contribution in [0.15, 0.2) is 45.0 Å². The van der Waals surface area contributed by atoms with Gasteiger partial charge in [-0.1, -0.05) is 91.9 Å². The number of carbonyl (C=O) groups is 4. The predicted molar refractivity (Wildman–Crippen MR) is 159 cm³/mol. The van der Waals surface area contributed by atoms with Crippen LogP contribution >= 0.6 is 0 Å². The molecule has 0 unspecified atom stereocenters. The molecule has 0 fully saturated rings. The van der Waals surface area contributed by atoms with Crippen molar-refractivity contribution in [3.05, 3.63) is 45.0 Å². The summed E-state index contributed by atoms with van der Waals surface area (Å²) in [4.78, 5) is 53.5. The van der Waals surface area contributed by atoms with Crippen LogP contribution in [0.2, 0.25) is 0 Å². The molecule has 0 aromatic carbocycles. The fraction of sp³-hybridized carbons (Fsp3) is 0.647. The Hall–Kier alpha value is -2.76. The highest BCUT2D eigenvalue weighted by molar-refractivity contribution is 6.52. The topological polar surface area (TPSA) is 109 Å². The fourth-order valence-corrected chi connectivity index (χ4v) is 5.62. The number of ketones is 4. The van der Waals surface area contributed by atoms with Gasteiger partial charge >= 0.3 is 0 Å². The molecule has 2 rings (SSSR count). The SMILES string of the molecule is CCCCCCC1=C(O)C(C2=C(CCCCC)C(=O)C(=O)C(CCCCCC)=C2O)=C(CCCCC)C(=O)C1=O. The Bertz CT molecular complexity index is 996. The molecule has 0 radical (unpaired) electrons. The molecular weight excluding hydrogens is 504 g/mol. The van der Waals surface area contributed by atoms with E-state index in [-0.39, 0.29) is 70.6 Å². The average Bonchev–Trinajstić information content (AvgIpc) is 2.94. The van der Waals surface area contributed by atoms with Gasteiger partial charge in [-0.05, 0) is 51.4 Å². The smallest absolute Gasteiger partial charge is 0.232 e. The monoisotopic (exact) mass is 554 g/mol. The van der Waals surface area contributed by atoms with Gasteiger partial charge in [-0.3, -0.25) is 19.2 Å². The lowest BCUT2D eigenvalue weighted by Gasteiger charge is -2.28. The molecule has 0 atom stereocenters. The van der Waals surface area contributed by atoms with Gasteiger partial charge in [0.05, 0.1) is 0 Å². The number of allylic oxidation sites excluding steroid dienone is 6. The third-order valence-electron chi connectivity index (χ3n) is 8.03. The Morgan fingerprint density at radius 1 is 0.375 bits per heavy atom. The largest absolute Gasteiger partial charge is 0.507 e. The molecule has 0 aromatic rings. The van der Waals surface area contributed by atoms with Crippen LogP contribution in [0.25, 0.3) is 0 Å². The number of aliphatic hydroxyl groups excluding tert-OH is 2. The standard InChI is InChI=1S/C34H50O6/c1-5-9-13-17-21-25-29(35)27(23(19-15-11-7-3)31(37)33(25)39)28-24(20-16-12-8-4)32(38)34(40)26(30(28)36)22-18-14-10-6-2/h35-36H,5-22H2,1-4H3. The van der Waals surface area contributed by atoms with Gasteiger partial charge in [0, 0.05) is 33.4 Å². The number of Topliss-reactive ketones (excluding diaryl/α,β-unsaturated/α-hetero) is 4. The zero-order valence-corrected chi connectivity index (χ0v) is 25.3. The van der Waals surface area contributed by atoms with Gasteiger partial charge in [-0.15, -0.1) is 0 Å². The molecule has 40 heavy (non-hydrogen) atoms. The molecule has 0 saturated carbocycles. The summed E-state index contributed by atoms with van der Waals surface area (Å²) >= 11 is 0. The quantitative estimate of drug-likeness (QED) is 0.0940. The summed E-state index contributed by atoms with van der Waals surface area (Å²) in [5.41, 5.74) is 0.601. The molecule has 2 N–H and O–H groups in total. The van der Waals surface area contributed by atoms with Crippen molar-refractivity contribution in [2.75, 3.05) is 0 Å². The number of rotatable bonds is 19. The Balaban J connectivity index is 2.79. The van der Waals surface area contributed by atoms with E-state index in [2.05, 4.69) is 13.8 Å². The molecule has 0 aromatic heterocycles. The van der Waals surface area contributed by atoms with Crippen LogP contribution in [-0.4, -0.2) is 33.3 Å². The van der Waals surface area contributed by atoms with Crippen molar-refractivity contribution >= 4 is 23.1 Å². The molecule has 0 bridgehead atoms. The minimum absolute atomic E-state index is 0.0531. The van der Waals surface area contributed by atoms with Gasteiger partial charge in [-0.25, -0.2) is 0 Å². The Kier molecular flexibility index (Phi) is 14.3. The van der Waals surface area contributed by atoms with E-state index in [0.717, 1.165) is 64.2 Å². The minimum Gasteiger partial charge on any atom is -0.507 e. The molecule has 6 heteroatoms. The van der Waals surface area contributed by atoms with Crippen molar-refractivity contribution in [1.82, 2.24) is 0 Å². The summed E-state index contributed by atoms with van der Waals surface area (Å²) in [7, 11) is 0. The van der Waals surface area contributed by atoms with Crippen LogP contribution in [0, 0.1) is 0 Å². The van der Waals surface area contributed by atoms with E-state index < -0.39 is 23.1 Å². The van der Waals surface area contributed by atoms with Crippen LogP contribution in [0.3, 0.4) is 0 Å². The highest BCUT2D eigenvalue weighted by atomic mass is 16.3. The van der Waals surface area contributed by atoms with Crippen molar-refractivity contribution in [3.63, 3.8) is 0 Å². The summed E-state index contributed by atoms with van der Waals surface area (Å²) in [5, 5.41) is 23.3. The van der Waals surface area contributed by atoms with E-state index in [1.165, 1.54) is 0 Å². The second kappa shape index (κ2) is 17.1. The second-order valence-corrected chi connectivity index (χ2v) is 11.2. The third kappa shape index (κ3) is 8.14. The van der Waals surface area contributed by atoms with Crippen molar-refractivity contribution in [3.8, 4) is 0 Å². The van der Waals surface area contributed by atoms with Crippen LogP contribution in [0.1, 0.15) is 143 Å². The van der Waals surface area contributed by atoms with Crippen LogP contribution in [0.5, 0.6) is 0 Å². The maximum atomic E-state index is 13.5. The molecule has 2 aliphatic carbocycles. The lowest BCUT2D eigenvalue weighted by atomic mass is 9.75. The molecule has 0 amide bonds. The van der Waals surface area contributed by atoms with E-state index in [9.17, 15) is 29.4 Å². The Morgan fingerprint density at radius 3 is 0.950 bits per heavy atom. The van der Waals surface area contributed by atoms with Crippen molar-refractivity contribution < 1.29 is 29.4 Å². The first kappa shape index (κ1) is 33.4. The Labute approximate surface area is 240 Å². The number of unbranched alkanes of at least 4 members (excludes halogenated alkanes) is 10. The summed E-state index contributed by atoms with van der Waals surface area (Å²) in [6, 6.07) is 0. The molecular formula is C34H50O6. The highest BCUT2D eigenvalue weighted by Crippen LogP contribution is 2.42. The third-order valence-corrected chi connectivity index (χ3v) is 8.03. The average molecular weight is 555 g/mol. The van der Waals surface area contributed by atoms with E-state index in [1.807, 2.05) is 13.8 Å². The normalized spacial score (nSPS) is 16.8. The number of aliphatic hydroxyl groups is 2. The fourth-order valence-electron chi connectivity index (χ4n) is 5.62. The molecule has 0 spiro atoms. The van der Waals surface area contributed by atoms with E-state index in [4.69, 9.17) is 0 Å². The van der Waals surface area contributed by atoms with Gasteiger partial charge < -0.3 is 10.2 Å². The lowest BCUT2D eigenvalue weighted by molar-refractivity contribution is -0.132. The molecule has 0 heterocycles. The highest BCUT2D eigenvalue weighted by Gasteiger charge is 2.42. The van der Waals surface area contributed by atoms with Crippen LogP contribution < -0.4 is 0 Å². The molecule has 222 valence electrons. The molecule has 6 nitrogen and oxygen atoms in total. The van der Waals surface area contributed by atoms with E-state index >= 15 is 0 Å². The van der Waals surface area contributed by atoms with Gasteiger partial charge in [0.2, 0.25) is 23.1 Å².